The quantitative estimate of drug-likeness (QED) is 0.783. The van der Waals surface area contributed by atoms with Crippen LogP contribution in [0.4, 0.5) is 0 Å². The van der Waals surface area contributed by atoms with Crippen molar-refractivity contribution >= 4 is 21.9 Å². The summed E-state index contributed by atoms with van der Waals surface area (Å²) in [5.41, 5.74) is 6.97. The van der Waals surface area contributed by atoms with Crippen molar-refractivity contribution in [2.24, 2.45) is 5.73 Å². The SMILES string of the molecule is CCOC(=O)C(O)C[C@H](N)Cc1ccc(Br)cc1. The number of ether oxygens (including phenoxy) is 1. The summed E-state index contributed by atoms with van der Waals surface area (Å²) in [5, 5.41) is 9.58. The number of esters is 1. The van der Waals surface area contributed by atoms with Crippen LogP contribution in [0.3, 0.4) is 0 Å². The van der Waals surface area contributed by atoms with Crippen LogP contribution < -0.4 is 5.73 Å². The maximum atomic E-state index is 11.2. The Kier molecular flexibility index (Phi) is 6.32. The van der Waals surface area contributed by atoms with Gasteiger partial charge in [0.15, 0.2) is 6.10 Å². The summed E-state index contributed by atoms with van der Waals surface area (Å²) in [7, 11) is 0. The Morgan fingerprint density at radius 1 is 1.44 bits per heavy atom. The Morgan fingerprint density at radius 2 is 2.06 bits per heavy atom. The van der Waals surface area contributed by atoms with Crippen LogP contribution in [0.5, 0.6) is 0 Å². The number of halogens is 1. The van der Waals surface area contributed by atoms with E-state index in [1.807, 2.05) is 24.3 Å². The molecule has 4 nitrogen and oxygen atoms in total. The van der Waals surface area contributed by atoms with Crippen molar-refractivity contribution < 1.29 is 14.6 Å². The first-order valence-corrected chi connectivity index (χ1v) is 6.67. The van der Waals surface area contributed by atoms with Gasteiger partial charge in [-0.05, 0) is 37.5 Å². The molecule has 0 saturated heterocycles. The molecule has 0 amide bonds. The lowest BCUT2D eigenvalue weighted by atomic mass is 10.0. The molecule has 1 aromatic carbocycles. The first-order valence-electron chi connectivity index (χ1n) is 5.87. The van der Waals surface area contributed by atoms with Crippen LogP contribution in [0.15, 0.2) is 28.7 Å². The van der Waals surface area contributed by atoms with Crippen molar-refractivity contribution in [1.82, 2.24) is 0 Å². The molecule has 1 rings (SSSR count). The molecule has 0 aliphatic carbocycles. The second-order valence-electron chi connectivity index (χ2n) is 4.09. The van der Waals surface area contributed by atoms with E-state index >= 15 is 0 Å². The normalized spacial score (nSPS) is 14.0. The molecule has 0 radical (unpaired) electrons. The smallest absolute Gasteiger partial charge is 0.335 e. The summed E-state index contributed by atoms with van der Waals surface area (Å²) in [6.07, 6.45) is -0.325. The first kappa shape index (κ1) is 15.1. The fourth-order valence-electron chi connectivity index (χ4n) is 1.63. The lowest BCUT2D eigenvalue weighted by Gasteiger charge is -2.15. The Labute approximate surface area is 115 Å². The predicted molar refractivity (Wildman–Crippen MR) is 73.1 cm³/mol. The van der Waals surface area contributed by atoms with Gasteiger partial charge in [0.2, 0.25) is 0 Å². The maximum Gasteiger partial charge on any atom is 0.335 e. The highest BCUT2D eigenvalue weighted by atomic mass is 79.9. The third-order valence-corrected chi connectivity index (χ3v) is 3.02. The Hall–Kier alpha value is -0.910. The van der Waals surface area contributed by atoms with Crippen molar-refractivity contribution in [3.05, 3.63) is 34.3 Å². The van der Waals surface area contributed by atoms with E-state index in [-0.39, 0.29) is 19.1 Å². The maximum absolute atomic E-state index is 11.2. The summed E-state index contributed by atoms with van der Waals surface area (Å²) in [5.74, 6) is -0.608. The second-order valence-corrected chi connectivity index (χ2v) is 5.01. The van der Waals surface area contributed by atoms with Crippen molar-refractivity contribution in [1.29, 1.82) is 0 Å². The molecular formula is C13H18BrNO3. The van der Waals surface area contributed by atoms with Gasteiger partial charge in [-0.2, -0.15) is 0 Å². The number of carbonyl (C=O) groups excluding carboxylic acids is 1. The zero-order valence-corrected chi connectivity index (χ0v) is 11.9. The molecule has 18 heavy (non-hydrogen) atoms. The average molecular weight is 316 g/mol. The van der Waals surface area contributed by atoms with E-state index < -0.39 is 12.1 Å². The molecule has 2 atom stereocenters. The molecule has 0 aliphatic heterocycles. The van der Waals surface area contributed by atoms with Gasteiger partial charge in [-0.15, -0.1) is 0 Å². The van der Waals surface area contributed by atoms with Gasteiger partial charge in [-0.25, -0.2) is 4.79 Å². The predicted octanol–water partition coefficient (Wildman–Crippen LogP) is 1.63. The van der Waals surface area contributed by atoms with Gasteiger partial charge in [0.1, 0.15) is 0 Å². The highest BCUT2D eigenvalue weighted by molar-refractivity contribution is 9.10. The lowest BCUT2D eigenvalue weighted by Crippen LogP contribution is -2.33. The number of rotatable bonds is 6. The van der Waals surface area contributed by atoms with Crippen molar-refractivity contribution in [3.8, 4) is 0 Å². The zero-order valence-electron chi connectivity index (χ0n) is 10.3. The molecule has 0 aliphatic rings. The van der Waals surface area contributed by atoms with Gasteiger partial charge in [0.25, 0.3) is 0 Å². The minimum atomic E-state index is -1.14. The van der Waals surface area contributed by atoms with Crippen LogP contribution >= 0.6 is 15.9 Å². The first-order chi connectivity index (χ1) is 8.52. The molecular weight excluding hydrogens is 298 g/mol. The molecule has 0 saturated carbocycles. The topological polar surface area (TPSA) is 72.5 Å². The molecule has 3 N–H and O–H groups in total. The highest BCUT2D eigenvalue weighted by Crippen LogP contribution is 2.13. The van der Waals surface area contributed by atoms with Gasteiger partial charge in [0, 0.05) is 10.5 Å². The zero-order chi connectivity index (χ0) is 13.5. The third kappa shape index (κ3) is 5.16. The number of carbonyl (C=O) groups is 1. The van der Waals surface area contributed by atoms with Crippen LogP contribution in [0, 0.1) is 0 Å². The van der Waals surface area contributed by atoms with E-state index in [1.54, 1.807) is 6.92 Å². The Bertz CT molecular complexity index is 380. The fraction of sp³-hybridized carbons (Fsp3) is 0.462. The lowest BCUT2D eigenvalue weighted by molar-refractivity contribution is -0.153. The largest absolute Gasteiger partial charge is 0.464 e. The Balaban J connectivity index is 2.43. The van der Waals surface area contributed by atoms with Crippen molar-refractivity contribution in [2.45, 2.75) is 31.9 Å². The van der Waals surface area contributed by atoms with E-state index in [2.05, 4.69) is 15.9 Å². The molecule has 0 bridgehead atoms. The van der Waals surface area contributed by atoms with Crippen LogP contribution in [0.2, 0.25) is 0 Å². The Morgan fingerprint density at radius 3 is 2.61 bits per heavy atom. The molecule has 0 heterocycles. The minimum absolute atomic E-state index is 0.203. The summed E-state index contributed by atoms with van der Waals surface area (Å²) in [4.78, 5) is 11.2. The van der Waals surface area contributed by atoms with E-state index in [1.165, 1.54) is 0 Å². The molecule has 100 valence electrons. The van der Waals surface area contributed by atoms with Crippen LogP contribution in [0.1, 0.15) is 18.9 Å². The summed E-state index contributed by atoms with van der Waals surface area (Å²) >= 11 is 3.36. The van der Waals surface area contributed by atoms with Gasteiger partial charge >= 0.3 is 5.97 Å². The monoisotopic (exact) mass is 315 g/mol. The van der Waals surface area contributed by atoms with E-state index in [0.29, 0.717) is 6.42 Å². The van der Waals surface area contributed by atoms with Gasteiger partial charge in [-0.3, -0.25) is 0 Å². The highest BCUT2D eigenvalue weighted by Gasteiger charge is 2.19. The van der Waals surface area contributed by atoms with Gasteiger partial charge in [0.05, 0.1) is 6.61 Å². The average Bonchev–Trinajstić information content (AvgIpc) is 2.32. The molecule has 1 aromatic rings. The number of aliphatic hydroxyl groups is 1. The van der Waals surface area contributed by atoms with Crippen LogP contribution in [0.25, 0.3) is 0 Å². The molecule has 0 aromatic heterocycles. The second kappa shape index (κ2) is 7.51. The summed E-state index contributed by atoms with van der Waals surface area (Å²) in [6.45, 7) is 1.96. The van der Waals surface area contributed by atoms with Crippen LogP contribution in [-0.4, -0.2) is 29.8 Å². The standard InChI is InChI=1S/C13H18BrNO3/c1-2-18-13(17)12(16)8-11(15)7-9-3-5-10(14)6-4-9/h3-6,11-12,16H,2,7-8,15H2,1H3/t11-,12?/m1/s1. The van der Waals surface area contributed by atoms with E-state index in [0.717, 1.165) is 10.0 Å². The molecule has 0 fully saturated rings. The van der Waals surface area contributed by atoms with Crippen LogP contribution in [-0.2, 0) is 16.0 Å². The summed E-state index contributed by atoms with van der Waals surface area (Å²) in [6, 6.07) is 7.51. The summed E-state index contributed by atoms with van der Waals surface area (Å²) < 4.78 is 5.73. The minimum Gasteiger partial charge on any atom is -0.464 e. The molecule has 1 unspecified atom stereocenters. The number of nitrogens with two attached hydrogens (primary N) is 1. The fourth-order valence-corrected chi connectivity index (χ4v) is 1.89. The third-order valence-electron chi connectivity index (χ3n) is 2.50. The van der Waals surface area contributed by atoms with E-state index in [4.69, 9.17) is 10.5 Å². The van der Waals surface area contributed by atoms with Crippen molar-refractivity contribution in [3.63, 3.8) is 0 Å². The van der Waals surface area contributed by atoms with Gasteiger partial charge in [-0.1, -0.05) is 28.1 Å². The number of aliphatic hydroxyl groups excluding tert-OH is 1. The number of hydrogen-bond acceptors (Lipinski definition) is 4. The van der Waals surface area contributed by atoms with Gasteiger partial charge < -0.3 is 15.6 Å². The van der Waals surface area contributed by atoms with E-state index in [9.17, 15) is 9.90 Å². The number of benzene rings is 1. The number of hydrogen-bond donors (Lipinski definition) is 2. The van der Waals surface area contributed by atoms with Crippen molar-refractivity contribution in [2.75, 3.05) is 6.61 Å². The molecule has 0 spiro atoms. The molecule has 5 heteroatoms.